The van der Waals surface area contributed by atoms with E-state index in [1.807, 2.05) is 0 Å². The lowest BCUT2D eigenvalue weighted by Gasteiger charge is -2.20. The largest absolute Gasteiger partial charge is 0.480 e. The number of carboxylic acids is 1. The molecule has 0 saturated heterocycles. The van der Waals surface area contributed by atoms with Crippen molar-refractivity contribution in [2.24, 2.45) is 0 Å². The minimum atomic E-state index is -1.01. The van der Waals surface area contributed by atoms with Crippen molar-refractivity contribution < 1.29 is 18.7 Å². The molecule has 1 aliphatic heterocycles. The van der Waals surface area contributed by atoms with Gasteiger partial charge in [0.15, 0.2) is 11.6 Å². The number of hydrogen-bond donors (Lipinski definition) is 3. The number of H-pyrrole nitrogens is 1. The molecule has 1 aliphatic rings. The SMILES string of the molecule is O=C(O)C1NCCc2c1[nH]c1cc(F)c(F)cc21. The van der Waals surface area contributed by atoms with E-state index in [1.165, 1.54) is 0 Å². The number of fused-ring (bicyclic) bond motifs is 3. The van der Waals surface area contributed by atoms with E-state index in [-0.39, 0.29) is 0 Å². The van der Waals surface area contributed by atoms with Gasteiger partial charge >= 0.3 is 5.97 Å². The summed E-state index contributed by atoms with van der Waals surface area (Å²) in [5.74, 6) is -2.88. The highest BCUT2D eigenvalue weighted by molar-refractivity contribution is 5.88. The van der Waals surface area contributed by atoms with Crippen LogP contribution in [0.2, 0.25) is 0 Å². The second kappa shape index (κ2) is 3.78. The molecule has 3 N–H and O–H groups in total. The molecule has 94 valence electrons. The lowest BCUT2D eigenvalue weighted by Crippen LogP contribution is -2.34. The van der Waals surface area contributed by atoms with Gasteiger partial charge < -0.3 is 10.1 Å². The Balaban J connectivity index is 2.27. The van der Waals surface area contributed by atoms with Crippen molar-refractivity contribution in [2.45, 2.75) is 12.5 Å². The number of aromatic amines is 1. The predicted molar refractivity (Wildman–Crippen MR) is 60.3 cm³/mol. The summed E-state index contributed by atoms with van der Waals surface area (Å²) in [7, 11) is 0. The third-order valence-electron chi connectivity index (χ3n) is 3.24. The minimum Gasteiger partial charge on any atom is -0.480 e. The molecule has 0 spiro atoms. The van der Waals surface area contributed by atoms with Gasteiger partial charge in [0.25, 0.3) is 0 Å². The number of rotatable bonds is 1. The monoisotopic (exact) mass is 252 g/mol. The Bertz CT molecular complexity index is 651. The van der Waals surface area contributed by atoms with Crippen LogP contribution in [0.1, 0.15) is 17.3 Å². The maximum absolute atomic E-state index is 13.2. The van der Waals surface area contributed by atoms with Gasteiger partial charge in [0, 0.05) is 29.2 Å². The van der Waals surface area contributed by atoms with Crippen molar-refractivity contribution in [1.29, 1.82) is 0 Å². The van der Waals surface area contributed by atoms with Gasteiger partial charge in [-0.1, -0.05) is 0 Å². The molecule has 3 rings (SSSR count). The zero-order valence-corrected chi connectivity index (χ0v) is 9.26. The maximum atomic E-state index is 13.2. The summed E-state index contributed by atoms with van der Waals surface area (Å²) in [5.41, 5.74) is 1.65. The summed E-state index contributed by atoms with van der Waals surface area (Å²) < 4.78 is 26.4. The van der Waals surface area contributed by atoms with Crippen molar-refractivity contribution in [1.82, 2.24) is 10.3 Å². The molecule has 0 amide bonds. The van der Waals surface area contributed by atoms with E-state index in [2.05, 4.69) is 10.3 Å². The van der Waals surface area contributed by atoms with Gasteiger partial charge in [0.05, 0.1) is 0 Å². The van der Waals surface area contributed by atoms with Crippen LogP contribution >= 0.6 is 0 Å². The predicted octanol–water partition coefficient (Wildman–Crippen LogP) is 1.72. The molecule has 6 heteroatoms. The van der Waals surface area contributed by atoms with Crippen LogP contribution in [0.15, 0.2) is 12.1 Å². The zero-order chi connectivity index (χ0) is 12.9. The Hall–Kier alpha value is -1.95. The highest BCUT2D eigenvalue weighted by Crippen LogP contribution is 2.31. The van der Waals surface area contributed by atoms with E-state index in [0.29, 0.717) is 29.6 Å². The molecule has 1 atom stereocenters. The van der Waals surface area contributed by atoms with Crippen molar-refractivity contribution in [3.63, 3.8) is 0 Å². The molecule has 0 bridgehead atoms. The van der Waals surface area contributed by atoms with E-state index in [1.54, 1.807) is 0 Å². The first-order valence-corrected chi connectivity index (χ1v) is 5.53. The van der Waals surface area contributed by atoms with Crippen LogP contribution in [0.3, 0.4) is 0 Å². The molecule has 0 saturated carbocycles. The number of halogens is 2. The van der Waals surface area contributed by atoms with E-state index >= 15 is 0 Å². The first kappa shape index (κ1) is 11.2. The molecule has 2 aromatic rings. The number of aliphatic carboxylic acids is 1. The molecule has 4 nitrogen and oxygen atoms in total. The molecule has 2 heterocycles. The number of carboxylic acid groups (broad SMARTS) is 1. The Labute approximate surface area is 101 Å². The number of nitrogens with one attached hydrogen (secondary N) is 2. The van der Waals surface area contributed by atoms with Crippen molar-refractivity contribution >= 4 is 16.9 Å². The van der Waals surface area contributed by atoms with Crippen LogP contribution in [0.4, 0.5) is 8.78 Å². The molecule has 1 unspecified atom stereocenters. The molecular formula is C12H10F2N2O2. The van der Waals surface area contributed by atoms with E-state index in [9.17, 15) is 13.6 Å². The normalized spacial score (nSPS) is 18.9. The molecule has 1 aromatic carbocycles. The summed E-state index contributed by atoms with van der Waals surface area (Å²) in [5, 5.41) is 12.5. The summed E-state index contributed by atoms with van der Waals surface area (Å²) >= 11 is 0. The van der Waals surface area contributed by atoms with Crippen LogP contribution < -0.4 is 5.32 Å². The number of benzene rings is 1. The molecule has 18 heavy (non-hydrogen) atoms. The Kier molecular flexibility index (Phi) is 2.34. The standard InChI is InChI=1S/C12H10F2N2O2/c13-7-3-6-5-1-2-15-11(12(17)18)10(5)16-9(6)4-8(7)14/h3-4,11,15-16H,1-2H2,(H,17,18). The maximum Gasteiger partial charge on any atom is 0.326 e. The van der Waals surface area contributed by atoms with Gasteiger partial charge in [-0.3, -0.25) is 10.1 Å². The van der Waals surface area contributed by atoms with Crippen LogP contribution in [0.25, 0.3) is 10.9 Å². The van der Waals surface area contributed by atoms with Gasteiger partial charge in [-0.25, -0.2) is 8.78 Å². The fourth-order valence-corrected chi connectivity index (χ4v) is 2.44. The lowest BCUT2D eigenvalue weighted by atomic mass is 9.99. The van der Waals surface area contributed by atoms with E-state index in [0.717, 1.165) is 17.7 Å². The van der Waals surface area contributed by atoms with Crippen LogP contribution in [-0.4, -0.2) is 22.6 Å². The summed E-state index contributed by atoms with van der Waals surface area (Å²) in [6.07, 6.45) is 0.587. The van der Waals surface area contributed by atoms with Gasteiger partial charge in [0.1, 0.15) is 6.04 Å². The smallest absolute Gasteiger partial charge is 0.326 e. The third-order valence-corrected chi connectivity index (χ3v) is 3.24. The van der Waals surface area contributed by atoms with Gasteiger partial charge in [-0.2, -0.15) is 0 Å². The average molecular weight is 252 g/mol. The Morgan fingerprint density at radius 2 is 2.06 bits per heavy atom. The zero-order valence-electron chi connectivity index (χ0n) is 9.26. The summed E-state index contributed by atoms with van der Waals surface area (Å²) in [6, 6.07) is 1.32. The van der Waals surface area contributed by atoms with E-state index in [4.69, 9.17) is 5.11 Å². The second-order valence-corrected chi connectivity index (χ2v) is 4.30. The Morgan fingerprint density at radius 3 is 2.78 bits per heavy atom. The summed E-state index contributed by atoms with van der Waals surface area (Å²) in [4.78, 5) is 14.0. The second-order valence-electron chi connectivity index (χ2n) is 4.30. The fraction of sp³-hybridized carbons (Fsp3) is 0.250. The first-order valence-electron chi connectivity index (χ1n) is 5.53. The first-order chi connectivity index (χ1) is 8.58. The number of hydrogen-bond acceptors (Lipinski definition) is 2. The molecule has 0 aliphatic carbocycles. The molecular weight excluding hydrogens is 242 g/mol. The fourth-order valence-electron chi connectivity index (χ4n) is 2.44. The highest BCUT2D eigenvalue weighted by Gasteiger charge is 2.29. The average Bonchev–Trinajstić information content (AvgIpc) is 2.67. The van der Waals surface area contributed by atoms with Crippen LogP contribution in [0, 0.1) is 11.6 Å². The van der Waals surface area contributed by atoms with E-state index < -0.39 is 23.6 Å². The molecule has 0 radical (unpaired) electrons. The Morgan fingerprint density at radius 1 is 1.33 bits per heavy atom. The van der Waals surface area contributed by atoms with Gasteiger partial charge in [-0.05, 0) is 18.1 Å². The van der Waals surface area contributed by atoms with Crippen molar-refractivity contribution in [2.75, 3.05) is 6.54 Å². The lowest BCUT2D eigenvalue weighted by molar-refractivity contribution is -0.139. The quantitative estimate of drug-likeness (QED) is 0.724. The van der Waals surface area contributed by atoms with Crippen molar-refractivity contribution in [3.8, 4) is 0 Å². The summed E-state index contributed by atoms with van der Waals surface area (Å²) in [6.45, 7) is 0.496. The van der Waals surface area contributed by atoms with Gasteiger partial charge in [0.2, 0.25) is 0 Å². The van der Waals surface area contributed by atoms with Crippen LogP contribution in [0.5, 0.6) is 0 Å². The van der Waals surface area contributed by atoms with Crippen LogP contribution in [-0.2, 0) is 11.2 Å². The molecule has 1 aromatic heterocycles. The topological polar surface area (TPSA) is 65.1 Å². The number of aromatic nitrogens is 1. The molecule has 0 fully saturated rings. The van der Waals surface area contributed by atoms with Gasteiger partial charge in [-0.15, -0.1) is 0 Å². The highest BCUT2D eigenvalue weighted by atomic mass is 19.2. The third kappa shape index (κ3) is 1.49. The van der Waals surface area contributed by atoms with Crippen molar-refractivity contribution in [3.05, 3.63) is 35.0 Å². The minimum absolute atomic E-state index is 0.425. The number of carbonyl (C=O) groups is 1.